The average molecular weight is 272 g/mol. The van der Waals surface area contributed by atoms with Crippen LogP contribution in [0.15, 0.2) is 60.7 Å². The van der Waals surface area contributed by atoms with Crippen molar-refractivity contribution >= 4 is 6.16 Å². The second-order valence-corrected chi connectivity index (χ2v) is 4.67. The Labute approximate surface area is 117 Å². The third kappa shape index (κ3) is 2.65. The normalized spacial score (nSPS) is 12.7. The largest absolute Gasteiger partial charge is 0.508 e. The van der Waals surface area contributed by atoms with Gasteiger partial charge in [0.2, 0.25) is 6.29 Å². The number of aliphatic hydroxyl groups is 1. The molecule has 0 aromatic heterocycles. The second kappa shape index (κ2) is 5.75. The maximum Gasteiger partial charge on any atom is 0.508 e. The summed E-state index contributed by atoms with van der Waals surface area (Å²) in [6.07, 6.45) is -3.00. The van der Waals surface area contributed by atoms with Gasteiger partial charge in [-0.25, -0.2) is 4.79 Å². The first kappa shape index (κ1) is 14.1. The van der Waals surface area contributed by atoms with E-state index < -0.39 is 17.9 Å². The number of aliphatic hydroxyl groups excluding tert-OH is 1. The van der Waals surface area contributed by atoms with Crippen LogP contribution in [-0.4, -0.2) is 22.7 Å². The van der Waals surface area contributed by atoms with Gasteiger partial charge in [-0.05, 0) is 18.1 Å². The van der Waals surface area contributed by atoms with Gasteiger partial charge in [0, 0.05) is 0 Å². The van der Waals surface area contributed by atoms with Crippen LogP contribution in [0, 0.1) is 0 Å². The summed E-state index contributed by atoms with van der Waals surface area (Å²) in [5.74, 6) is 0. The van der Waals surface area contributed by atoms with Crippen LogP contribution in [0.4, 0.5) is 4.79 Å². The van der Waals surface area contributed by atoms with Crippen molar-refractivity contribution < 1.29 is 19.7 Å². The monoisotopic (exact) mass is 272 g/mol. The number of benzene rings is 2. The van der Waals surface area contributed by atoms with Gasteiger partial charge in [0.25, 0.3) is 0 Å². The molecule has 0 saturated heterocycles. The highest BCUT2D eigenvalue weighted by Crippen LogP contribution is 2.35. The lowest BCUT2D eigenvalue weighted by Crippen LogP contribution is -2.40. The molecule has 4 nitrogen and oxygen atoms in total. The molecule has 2 N–H and O–H groups in total. The van der Waals surface area contributed by atoms with Gasteiger partial charge in [-0.3, -0.25) is 0 Å². The molecule has 0 aliphatic carbocycles. The fourth-order valence-corrected chi connectivity index (χ4v) is 2.23. The van der Waals surface area contributed by atoms with E-state index in [1.807, 2.05) is 60.7 Å². The third-order valence-electron chi connectivity index (χ3n) is 3.45. The molecule has 0 fully saturated rings. The molecule has 1 unspecified atom stereocenters. The highest BCUT2D eigenvalue weighted by molar-refractivity contribution is 5.57. The zero-order valence-electron chi connectivity index (χ0n) is 11.1. The molecule has 0 heterocycles. The summed E-state index contributed by atoms with van der Waals surface area (Å²) in [6.45, 7) is 1.76. The van der Waals surface area contributed by atoms with Gasteiger partial charge in [-0.1, -0.05) is 60.7 Å². The Morgan fingerprint density at radius 1 is 1.00 bits per heavy atom. The molecule has 20 heavy (non-hydrogen) atoms. The van der Waals surface area contributed by atoms with Gasteiger partial charge >= 0.3 is 6.16 Å². The van der Waals surface area contributed by atoms with Crippen LogP contribution in [0.1, 0.15) is 18.1 Å². The zero-order valence-corrected chi connectivity index (χ0v) is 11.1. The highest BCUT2D eigenvalue weighted by Gasteiger charge is 2.39. The van der Waals surface area contributed by atoms with E-state index in [2.05, 4.69) is 4.74 Å². The number of hydrogen-bond donors (Lipinski definition) is 2. The Kier molecular flexibility index (Phi) is 4.05. The molecule has 2 rings (SSSR count). The quantitative estimate of drug-likeness (QED) is 0.663. The van der Waals surface area contributed by atoms with Crippen LogP contribution in [0.2, 0.25) is 0 Å². The molecule has 0 bridgehead atoms. The van der Waals surface area contributed by atoms with E-state index in [9.17, 15) is 9.90 Å². The van der Waals surface area contributed by atoms with Crippen LogP contribution < -0.4 is 0 Å². The van der Waals surface area contributed by atoms with Crippen molar-refractivity contribution in [3.05, 3.63) is 71.8 Å². The minimum absolute atomic E-state index is 0.778. The van der Waals surface area contributed by atoms with Crippen molar-refractivity contribution in [1.29, 1.82) is 0 Å². The van der Waals surface area contributed by atoms with Crippen LogP contribution in [0.3, 0.4) is 0 Å². The minimum Gasteiger partial charge on any atom is -0.450 e. The summed E-state index contributed by atoms with van der Waals surface area (Å²) in [7, 11) is 0. The van der Waals surface area contributed by atoms with Crippen LogP contribution >= 0.6 is 0 Å². The predicted octanol–water partition coefficient (Wildman–Crippen LogP) is 3.01. The number of carboxylic acid groups (broad SMARTS) is 1. The zero-order chi connectivity index (χ0) is 14.6. The third-order valence-corrected chi connectivity index (χ3v) is 3.45. The predicted molar refractivity (Wildman–Crippen MR) is 74.5 cm³/mol. The Balaban J connectivity index is 2.52. The molecular weight excluding hydrogens is 256 g/mol. The fourth-order valence-electron chi connectivity index (χ4n) is 2.23. The Hall–Kier alpha value is -2.33. The number of rotatable bonds is 4. The molecule has 0 aliphatic rings. The first-order valence-corrected chi connectivity index (χ1v) is 6.24. The topological polar surface area (TPSA) is 66.8 Å². The molecule has 1 atom stereocenters. The average Bonchev–Trinajstić information content (AvgIpc) is 2.47. The van der Waals surface area contributed by atoms with Gasteiger partial charge in [0.15, 0.2) is 0 Å². The van der Waals surface area contributed by atoms with E-state index >= 15 is 0 Å². The minimum atomic E-state index is -1.50. The lowest BCUT2D eigenvalue weighted by atomic mass is 9.75. The molecule has 0 radical (unpaired) electrons. The van der Waals surface area contributed by atoms with Crippen molar-refractivity contribution in [2.75, 3.05) is 0 Å². The van der Waals surface area contributed by atoms with Crippen molar-refractivity contribution in [2.45, 2.75) is 18.6 Å². The molecule has 0 saturated carbocycles. The summed E-state index contributed by atoms with van der Waals surface area (Å²) in [4.78, 5) is 10.7. The summed E-state index contributed by atoms with van der Waals surface area (Å²) < 4.78 is 4.60. The molecule has 2 aromatic rings. The highest BCUT2D eigenvalue weighted by atomic mass is 16.7. The first-order valence-electron chi connectivity index (χ1n) is 6.24. The first-order chi connectivity index (χ1) is 9.55. The lowest BCUT2D eigenvalue weighted by Gasteiger charge is -2.34. The summed E-state index contributed by atoms with van der Waals surface area (Å²) in [5, 5.41) is 19.0. The van der Waals surface area contributed by atoms with Crippen LogP contribution in [0.5, 0.6) is 0 Å². The van der Waals surface area contributed by atoms with E-state index in [0.29, 0.717) is 0 Å². The molecule has 0 aliphatic heterocycles. The van der Waals surface area contributed by atoms with Crippen LogP contribution in [-0.2, 0) is 10.2 Å². The Morgan fingerprint density at radius 3 is 1.75 bits per heavy atom. The summed E-state index contributed by atoms with van der Waals surface area (Å²) >= 11 is 0. The van der Waals surface area contributed by atoms with E-state index in [1.165, 1.54) is 0 Å². The molecular formula is C16H16O4. The van der Waals surface area contributed by atoms with Gasteiger partial charge in [0.05, 0.1) is 5.41 Å². The van der Waals surface area contributed by atoms with Crippen molar-refractivity contribution in [1.82, 2.24) is 0 Å². The van der Waals surface area contributed by atoms with E-state index in [4.69, 9.17) is 5.11 Å². The molecule has 104 valence electrons. The smallest absolute Gasteiger partial charge is 0.450 e. The molecule has 0 amide bonds. The maximum atomic E-state index is 10.7. The SMILES string of the molecule is CC(c1ccccc1)(c1ccccc1)C(O)OC(=O)O. The fraction of sp³-hybridized carbons (Fsp3) is 0.188. The van der Waals surface area contributed by atoms with Gasteiger partial charge < -0.3 is 14.9 Å². The van der Waals surface area contributed by atoms with Gasteiger partial charge in [-0.2, -0.15) is 0 Å². The number of carbonyl (C=O) groups is 1. The Morgan fingerprint density at radius 2 is 1.40 bits per heavy atom. The Bertz CT molecular complexity index is 526. The standard InChI is InChI=1S/C16H16O4/c1-16(14(17)20-15(18)19,12-8-4-2-5-9-12)13-10-6-3-7-11-13/h2-11,14,17H,1H3,(H,18,19). The van der Waals surface area contributed by atoms with Gasteiger partial charge in [-0.15, -0.1) is 0 Å². The van der Waals surface area contributed by atoms with Crippen molar-refractivity contribution in [3.8, 4) is 0 Å². The number of ether oxygens (including phenoxy) is 1. The van der Waals surface area contributed by atoms with Crippen LogP contribution in [0.25, 0.3) is 0 Å². The maximum absolute atomic E-state index is 10.7. The molecule has 2 aromatic carbocycles. The molecule has 0 spiro atoms. The molecule has 4 heteroatoms. The van der Waals surface area contributed by atoms with E-state index in [-0.39, 0.29) is 0 Å². The van der Waals surface area contributed by atoms with Crippen molar-refractivity contribution in [3.63, 3.8) is 0 Å². The number of hydrogen-bond acceptors (Lipinski definition) is 3. The van der Waals surface area contributed by atoms with Crippen molar-refractivity contribution in [2.24, 2.45) is 0 Å². The summed E-state index contributed by atoms with van der Waals surface area (Å²) in [5.41, 5.74) is 0.584. The summed E-state index contributed by atoms with van der Waals surface area (Å²) in [6, 6.07) is 18.4. The second-order valence-electron chi connectivity index (χ2n) is 4.67. The van der Waals surface area contributed by atoms with E-state index in [1.54, 1.807) is 6.92 Å². The van der Waals surface area contributed by atoms with Gasteiger partial charge in [0.1, 0.15) is 0 Å². The lowest BCUT2D eigenvalue weighted by molar-refractivity contribution is -0.104. The van der Waals surface area contributed by atoms with E-state index in [0.717, 1.165) is 11.1 Å².